The first-order chi connectivity index (χ1) is 12.7. The zero-order valence-electron chi connectivity index (χ0n) is 14.5. The fourth-order valence-corrected chi connectivity index (χ4v) is 3.39. The highest BCUT2D eigenvalue weighted by atomic mass is 16.5. The number of hydrogen-bond donors (Lipinski definition) is 2. The van der Waals surface area contributed by atoms with Crippen LogP contribution in [-0.2, 0) is 14.3 Å². The molecule has 0 saturated carbocycles. The Labute approximate surface area is 153 Å². The van der Waals surface area contributed by atoms with Crippen molar-refractivity contribution < 1.29 is 19.4 Å². The van der Waals surface area contributed by atoms with Crippen molar-refractivity contribution in [1.82, 2.24) is 5.32 Å². The summed E-state index contributed by atoms with van der Waals surface area (Å²) in [4.78, 5) is 24.4. The van der Waals surface area contributed by atoms with Crippen LogP contribution in [0.15, 0.2) is 60.7 Å². The first-order valence-electron chi connectivity index (χ1n) is 8.89. The molecule has 2 aromatic carbocycles. The standard InChI is InChI=1S/C21H23NO4/c23-20(22-14-18(21(24)25)15-8-3-1-4-9-15)17-12-7-13-26-19(17)16-10-5-2-6-11-16/h1-6,8-11,17-19H,7,12-14H2,(H,22,23)(H,24,25). The van der Waals surface area contributed by atoms with E-state index in [1.165, 1.54) is 0 Å². The van der Waals surface area contributed by atoms with Crippen molar-refractivity contribution in [1.29, 1.82) is 0 Å². The lowest BCUT2D eigenvalue weighted by atomic mass is 9.88. The minimum Gasteiger partial charge on any atom is -0.481 e. The number of carboxylic acid groups (broad SMARTS) is 1. The van der Waals surface area contributed by atoms with E-state index in [0.29, 0.717) is 12.2 Å². The molecule has 3 unspecified atom stereocenters. The van der Waals surface area contributed by atoms with Gasteiger partial charge in [-0.25, -0.2) is 0 Å². The Morgan fingerprint density at radius 2 is 1.73 bits per heavy atom. The number of benzene rings is 2. The van der Waals surface area contributed by atoms with Crippen molar-refractivity contribution in [3.63, 3.8) is 0 Å². The Morgan fingerprint density at radius 3 is 2.38 bits per heavy atom. The van der Waals surface area contributed by atoms with E-state index in [0.717, 1.165) is 18.4 Å². The van der Waals surface area contributed by atoms with Gasteiger partial charge in [0, 0.05) is 13.2 Å². The van der Waals surface area contributed by atoms with Gasteiger partial charge < -0.3 is 15.2 Å². The van der Waals surface area contributed by atoms with Crippen LogP contribution in [0.3, 0.4) is 0 Å². The third-order valence-corrected chi connectivity index (χ3v) is 4.77. The predicted octanol–water partition coefficient (Wildman–Crippen LogP) is 3.14. The molecule has 0 radical (unpaired) electrons. The van der Waals surface area contributed by atoms with Crippen LogP contribution in [-0.4, -0.2) is 30.1 Å². The maximum Gasteiger partial charge on any atom is 0.312 e. The molecule has 2 aromatic rings. The minimum absolute atomic E-state index is 0.0657. The summed E-state index contributed by atoms with van der Waals surface area (Å²) in [7, 11) is 0. The van der Waals surface area contributed by atoms with Crippen molar-refractivity contribution in [2.24, 2.45) is 5.92 Å². The highest BCUT2D eigenvalue weighted by Crippen LogP contribution is 2.33. The van der Waals surface area contributed by atoms with Gasteiger partial charge in [-0.3, -0.25) is 9.59 Å². The van der Waals surface area contributed by atoms with Crippen LogP contribution >= 0.6 is 0 Å². The summed E-state index contributed by atoms with van der Waals surface area (Å²) >= 11 is 0. The molecular weight excluding hydrogens is 330 g/mol. The Hall–Kier alpha value is -2.66. The van der Waals surface area contributed by atoms with Gasteiger partial charge in [-0.05, 0) is 24.0 Å². The van der Waals surface area contributed by atoms with Crippen LogP contribution in [0, 0.1) is 5.92 Å². The number of carbonyl (C=O) groups is 2. The van der Waals surface area contributed by atoms with Gasteiger partial charge in [0.1, 0.15) is 0 Å². The summed E-state index contributed by atoms with van der Waals surface area (Å²) in [5.41, 5.74) is 1.66. The van der Waals surface area contributed by atoms with Crippen LogP contribution in [0.5, 0.6) is 0 Å². The molecule has 0 aromatic heterocycles. The molecule has 0 spiro atoms. The molecule has 2 N–H and O–H groups in total. The van der Waals surface area contributed by atoms with Gasteiger partial charge in [-0.1, -0.05) is 60.7 Å². The summed E-state index contributed by atoms with van der Waals surface area (Å²) in [5, 5.41) is 12.3. The molecule has 1 heterocycles. The van der Waals surface area contributed by atoms with Crippen LogP contribution in [0.25, 0.3) is 0 Å². The molecule has 1 aliphatic rings. The summed E-state index contributed by atoms with van der Waals surface area (Å²) in [6, 6.07) is 18.7. The Kier molecular flexibility index (Phi) is 6.02. The molecule has 1 saturated heterocycles. The number of aliphatic carboxylic acids is 1. The largest absolute Gasteiger partial charge is 0.481 e. The molecule has 1 aliphatic heterocycles. The van der Waals surface area contributed by atoms with E-state index in [-0.39, 0.29) is 24.5 Å². The lowest BCUT2D eigenvalue weighted by molar-refractivity contribution is -0.139. The molecule has 3 rings (SSSR count). The number of rotatable bonds is 6. The van der Waals surface area contributed by atoms with E-state index in [2.05, 4.69) is 5.32 Å². The van der Waals surface area contributed by atoms with Crippen molar-refractivity contribution in [2.75, 3.05) is 13.2 Å². The molecule has 1 fully saturated rings. The third-order valence-electron chi connectivity index (χ3n) is 4.77. The van der Waals surface area contributed by atoms with Gasteiger partial charge in [0.05, 0.1) is 17.9 Å². The smallest absolute Gasteiger partial charge is 0.312 e. The molecular formula is C21H23NO4. The SMILES string of the molecule is O=C(O)C(CNC(=O)C1CCCOC1c1ccccc1)c1ccccc1. The molecule has 26 heavy (non-hydrogen) atoms. The third kappa shape index (κ3) is 4.29. The number of nitrogens with one attached hydrogen (secondary N) is 1. The summed E-state index contributed by atoms with van der Waals surface area (Å²) < 4.78 is 5.86. The fourth-order valence-electron chi connectivity index (χ4n) is 3.39. The summed E-state index contributed by atoms with van der Waals surface area (Å²) in [5.74, 6) is -2.17. The highest BCUT2D eigenvalue weighted by molar-refractivity contribution is 5.82. The Morgan fingerprint density at radius 1 is 1.08 bits per heavy atom. The molecule has 0 bridgehead atoms. The Balaban J connectivity index is 1.68. The van der Waals surface area contributed by atoms with E-state index >= 15 is 0 Å². The second kappa shape index (κ2) is 8.63. The first-order valence-corrected chi connectivity index (χ1v) is 8.89. The highest BCUT2D eigenvalue weighted by Gasteiger charge is 2.33. The van der Waals surface area contributed by atoms with Crippen molar-refractivity contribution in [3.05, 3.63) is 71.8 Å². The Bertz CT molecular complexity index is 732. The average Bonchev–Trinajstić information content (AvgIpc) is 2.69. The molecule has 3 atom stereocenters. The number of ether oxygens (including phenoxy) is 1. The molecule has 1 amide bonds. The number of carboxylic acids is 1. The molecule has 5 heteroatoms. The van der Waals surface area contributed by atoms with Crippen molar-refractivity contribution >= 4 is 11.9 Å². The monoisotopic (exact) mass is 353 g/mol. The zero-order valence-corrected chi connectivity index (χ0v) is 14.5. The lowest BCUT2D eigenvalue weighted by Gasteiger charge is -2.31. The van der Waals surface area contributed by atoms with E-state index in [1.54, 1.807) is 24.3 Å². The van der Waals surface area contributed by atoms with E-state index < -0.39 is 11.9 Å². The molecule has 5 nitrogen and oxygen atoms in total. The van der Waals surface area contributed by atoms with Crippen molar-refractivity contribution in [2.45, 2.75) is 24.9 Å². The van der Waals surface area contributed by atoms with Gasteiger partial charge >= 0.3 is 5.97 Å². The lowest BCUT2D eigenvalue weighted by Crippen LogP contribution is -2.40. The first kappa shape index (κ1) is 18.1. The van der Waals surface area contributed by atoms with Crippen LogP contribution in [0.1, 0.15) is 36.0 Å². The normalized spacial score (nSPS) is 20.9. The predicted molar refractivity (Wildman–Crippen MR) is 97.7 cm³/mol. The van der Waals surface area contributed by atoms with Crippen LogP contribution in [0.4, 0.5) is 0 Å². The fraction of sp³-hybridized carbons (Fsp3) is 0.333. The molecule has 0 aliphatic carbocycles. The van der Waals surface area contributed by atoms with E-state index in [4.69, 9.17) is 4.74 Å². The topological polar surface area (TPSA) is 75.6 Å². The van der Waals surface area contributed by atoms with Crippen molar-refractivity contribution in [3.8, 4) is 0 Å². The van der Waals surface area contributed by atoms with Gasteiger partial charge in [0.2, 0.25) is 5.91 Å². The quantitative estimate of drug-likeness (QED) is 0.836. The van der Waals surface area contributed by atoms with Gasteiger partial charge in [0.25, 0.3) is 0 Å². The maximum atomic E-state index is 12.8. The van der Waals surface area contributed by atoms with E-state index in [1.807, 2.05) is 36.4 Å². The number of amides is 1. The minimum atomic E-state index is -0.948. The second-order valence-electron chi connectivity index (χ2n) is 6.50. The van der Waals surface area contributed by atoms with Gasteiger partial charge in [0.15, 0.2) is 0 Å². The summed E-state index contributed by atoms with van der Waals surface area (Å²) in [6.07, 6.45) is 1.27. The average molecular weight is 353 g/mol. The molecule has 136 valence electrons. The number of carbonyl (C=O) groups excluding carboxylic acids is 1. The maximum absolute atomic E-state index is 12.8. The van der Waals surface area contributed by atoms with Crippen LogP contribution < -0.4 is 5.32 Å². The zero-order chi connectivity index (χ0) is 18.4. The van der Waals surface area contributed by atoms with Gasteiger partial charge in [-0.15, -0.1) is 0 Å². The van der Waals surface area contributed by atoms with Gasteiger partial charge in [-0.2, -0.15) is 0 Å². The number of hydrogen-bond acceptors (Lipinski definition) is 3. The second-order valence-corrected chi connectivity index (χ2v) is 6.50. The van der Waals surface area contributed by atoms with Crippen LogP contribution in [0.2, 0.25) is 0 Å². The summed E-state index contributed by atoms with van der Waals surface area (Å²) in [6.45, 7) is 0.696. The van der Waals surface area contributed by atoms with E-state index in [9.17, 15) is 14.7 Å².